The van der Waals surface area contributed by atoms with Gasteiger partial charge in [-0.3, -0.25) is 9.78 Å². The number of carbonyl (C=O) groups is 1. The number of anilines is 1. The summed E-state index contributed by atoms with van der Waals surface area (Å²) >= 11 is 0. The maximum absolute atomic E-state index is 12.4. The first-order valence-corrected chi connectivity index (χ1v) is 7.45. The Labute approximate surface area is 131 Å². The molecule has 0 aliphatic heterocycles. The molecular formula is C17H21N3O2. The normalized spacial score (nSPS) is 10.3. The highest BCUT2D eigenvalue weighted by Gasteiger charge is 2.14. The predicted octanol–water partition coefficient (Wildman–Crippen LogP) is 2.86. The molecule has 116 valence electrons. The molecule has 0 spiro atoms. The second-order valence-electron chi connectivity index (χ2n) is 4.87. The quantitative estimate of drug-likeness (QED) is 0.789. The molecule has 0 saturated heterocycles. The van der Waals surface area contributed by atoms with Crippen molar-refractivity contribution in [3.63, 3.8) is 0 Å². The van der Waals surface area contributed by atoms with Gasteiger partial charge in [0.25, 0.3) is 0 Å². The summed E-state index contributed by atoms with van der Waals surface area (Å²) in [5, 5.41) is 0. The van der Waals surface area contributed by atoms with Crippen molar-refractivity contribution in [1.29, 1.82) is 0 Å². The second-order valence-corrected chi connectivity index (χ2v) is 4.87. The van der Waals surface area contributed by atoms with Gasteiger partial charge in [-0.15, -0.1) is 0 Å². The molecule has 1 amide bonds. The molecule has 0 saturated carbocycles. The zero-order chi connectivity index (χ0) is 15.8. The average molecular weight is 299 g/mol. The van der Waals surface area contributed by atoms with Crippen LogP contribution in [0.1, 0.15) is 25.5 Å². The Balaban J connectivity index is 1.90. The number of nitrogens with zero attached hydrogens (tertiary/aromatic N) is 3. The molecule has 2 aromatic heterocycles. The standard InChI is InChI=1S/C17H21N3O2/c1-3-20(15-10-11-16(22-2)19-13-15)17(21)9-6-8-14-7-4-5-12-18-14/h4-5,7,10-13H,3,6,8-9H2,1-2H3. The molecule has 5 heteroatoms. The lowest BCUT2D eigenvalue weighted by atomic mass is 10.1. The first kappa shape index (κ1) is 15.9. The van der Waals surface area contributed by atoms with Crippen LogP contribution in [0.2, 0.25) is 0 Å². The van der Waals surface area contributed by atoms with E-state index in [0.717, 1.165) is 24.2 Å². The van der Waals surface area contributed by atoms with E-state index in [1.165, 1.54) is 0 Å². The van der Waals surface area contributed by atoms with Crippen LogP contribution in [0.25, 0.3) is 0 Å². The van der Waals surface area contributed by atoms with Crippen LogP contribution in [0.3, 0.4) is 0 Å². The fourth-order valence-corrected chi connectivity index (χ4v) is 2.26. The molecule has 2 aromatic rings. The zero-order valence-electron chi connectivity index (χ0n) is 13.0. The van der Waals surface area contributed by atoms with E-state index in [2.05, 4.69) is 9.97 Å². The minimum Gasteiger partial charge on any atom is -0.481 e. The largest absolute Gasteiger partial charge is 0.481 e. The van der Waals surface area contributed by atoms with E-state index in [1.54, 1.807) is 30.5 Å². The van der Waals surface area contributed by atoms with Crippen LogP contribution in [0, 0.1) is 0 Å². The summed E-state index contributed by atoms with van der Waals surface area (Å²) in [7, 11) is 1.57. The number of hydrogen-bond donors (Lipinski definition) is 0. The SMILES string of the molecule is CCN(C(=O)CCCc1ccccn1)c1ccc(OC)nc1. The first-order valence-electron chi connectivity index (χ1n) is 7.45. The summed E-state index contributed by atoms with van der Waals surface area (Å²) in [6.07, 6.45) is 5.54. The number of rotatable bonds is 7. The molecule has 0 aliphatic rings. The second kappa shape index (κ2) is 8.12. The Morgan fingerprint density at radius 1 is 1.23 bits per heavy atom. The summed E-state index contributed by atoms with van der Waals surface area (Å²) in [5.41, 5.74) is 1.82. The van der Waals surface area contributed by atoms with E-state index in [4.69, 9.17) is 4.74 Å². The van der Waals surface area contributed by atoms with Gasteiger partial charge in [0.15, 0.2) is 0 Å². The number of aryl methyl sites for hydroxylation is 1. The third-order valence-corrected chi connectivity index (χ3v) is 3.41. The number of methoxy groups -OCH3 is 1. The van der Waals surface area contributed by atoms with Gasteiger partial charge >= 0.3 is 0 Å². The molecule has 0 atom stereocenters. The molecular weight excluding hydrogens is 278 g/mol. The van der Waals surface area contributed by atoms with Gasteiger partial charge < -0.3 is 9.64 Å². The van der Waals surface area contributed by atoms with Crippen molar-refractivity contribution in [2.45, 2.75) is 26.2 Å². The van der Waals surface area contributed by atoms with E-state index in [1.807, 2.05) is 31.2 Å². The van der Waals surface area contributed by atoms with Crippen LogP contribution in [-0.4, -0.2) is 29.5 Å². The highest BCUT2D eigenvalue weighted by Crippen LogP contribution is 2.17. The number of pyridine rings is 2. The van der Waals surface area contributed by atoms with Gasteiger partial charge in [0.2, 0.25) is 11.8 Å². The molecule has 5 nitrogen and oxygen atoms in total. The Hall–Kier alpha value is -2.43. The molecule has 0 fully saturated rings. The average Bonchev–Trinajstić information content (AvgIpc) is 2.57. The van der Waals surface area contributed by atoms with Gasteiger partial charge in [0.1, 0.15) is 0 Å². The van der Waals surface area contributed by atoms with E-state index >= 15 is 0 Å². The summed E-state index contributed by atoms with van der Waals surface area (Å²) in [5.74, 6) is 0.646. The van der Waals surface area contributed by atoms with Crippen molar-refractivity contribution in [2.24, 2.45) is 0 Å². The van der Waals surface area contributed by atoms with E-state index < -0.39 is 0 Å². The fraction of sp³-hybridized carbons (Fsp3) is 0.353. The van der Waals surface area contributed by atoms with Crippen LogP contribution in [0.5, 0.6) is 5.88 Å². The van der Waals surface area contributed by atoms with Crippen LogP contribution >= 0.6 is 0 Å². The molecule has 0 radical (unpaired) electrons. The number of ether oxygens (including phenoxy) is 1. The highest BCUT2D eigenvalue weighted by atomic mass is 16.5. The molecule has 0 aliphatic carbocycles. The summed E-state index contributed by atoms with van der Waals surface area (Å²) in [6.45, 7) is 2.58. The predicted molar refractivity (Wildman–Crippen MR) is 86.0 cm³/mol. The summed E-state index contributed by atoms with van der Waals surface area (Å²) in [6, 6.07) is 9.45. The molecule has 0 unspecified atom stereocenters. The third-order valence-electron chi connectivity index (χ3n) is 3.41. The smallest absolute Gasteiger partial charge is 0.227 e. The van der Waals surface area contributed by atoms with Crippen molar-refractivity contribution < 1.29 is 9.53 Å². The lowest BCUT2D eigenvalue weighted by Gasteiger charge is -2.20. The van der Waals surface area contributed by atoms with Crippen molar-refractivity contribution in [2.75, 3.05) is 18.6 Å². The lowest BCUT2D eigenvalue weighted by molar-refractivity contribution is -0.118. The van der Waals surface area contributed by atoms with Crippen LogP contribution in [0.15, 0.2) is 42.7 Å². The van der Waals surface area contributed by atoms with E-state index in [0.29, 0.717) is 18.8 Å². The Bertz CT molecular complexity index is 585. The Kier molecular flexibility index (Phi) is 5.89. The lowest BCUT2D eigenvalue weighted by Crippen LogP contribution is -2.30. The Morgan fingerprint density at radius 2 is 2.09 bits per heavy atom. The minimum atomic E-state index is 0.102. The van der Waals surface area contributed by atoms with Gasteiger partial charge in [-0.2, -0.15) is 0 Å². The van der Waals surface area contributed by atoms with Crippen molar-refractivity contribution in [3.8, 4) is 5.88 Å². The van der Waals surface area contributed by atoms with Crippen LogP contribution in [-0.2, 0) is 11.2 Å². The molecule has 0 aromatic carbocycles. The summed E-state index contributed by atoms with van der Waals surface area (Å²) in [4.78, 5) is 22.5. The molecule has 2 rings (SSSR count). The van der Waals surface area contributed by atoms with Crippen molar-refractivity contribution in [3.05, 3.63) is 48.4 Å². The number of carbonyl (C=O) groups excluding carboxylic acids is 1. The van der Waals surface area contributed by atoms with Crippen molar-refractivity contribution in [1.82, 2.24) is 9.97 Å². The number of aromatic nitrogens is 2. The maximum atomic E-state index is 12.4. The van der Waals surface area contributed by atoms with Gasteiger partial charge in [-0.05, 0) is 38.0 Å². The first-order chi connectivity index (χ1) is 10.7. The monoisotopic (exact) mass is 299 g/mol. The zero-order valence-corrected chi connectivity index (χ0v) is 13.0. The number of hydrogen-bond acceptors (Lipinski definition) is 4. The van der Waals surface area contributed by atoms with E-state index in [-0.39, 0.29) is 5.91 Å². The highest BCUT2D eigenvalue weighted by molar-refractivity contribution is 5.93. The molecule has 0 bridgehead atoms. The third kappa shape index (κ3) is 4.28. The Morgan fingerprint density at radius 3 is 2.68 bits per heavy atom. The topological polar surface area (TPSA) is 55.3 Å². The van der Waals surface area contributed by atoms with Gasteiger partial charge in [-0.1, -0.05) is 6.07 Å². The molecule has 2 heterocycles. The van der Waals surface area contributed by atoms with Crippen molar-refractivity contribution >= 4 is 11.6 Å². The van der Waals surface area contributed by atoms with Crippen LogP contribution < -0.4 is 9.64 Å². The van der Waals surface area contributed by atoms with Crippen LogP contribution in [0.4, 0.5) is 5.69 Å². The summed E-state index contributed by atoms with van der Waals surface area (Å²) < 4.78 is 5.04. The minimum absolute atomic E-state index is 0.102. The van der Waals surface area contributed by atoms with Gasteiger partial charge in [-0.25, -0.2) is 4.98 Å². The van der Waals surface area contributed by atoms with E-state index in [9.17, 15) is 4.79 Å². The fourth-order valence-electron chi connectivity index (χ4n) is 2.26. The maximum Gasteiger partial charge on any atom is 0.227 e. The van der Waals surface area contributed by atoms with Gasteiger partial charge in [0.05, 0.1) is 19.0 Å². The number of amides is 1. The van der Waals surface area contributed by atoms with Gasteiger partial charge in [0, 0.05) is 30.9 Å². The molecule has 22 heavy (non-hydrogen) atoms. The molecule has 0 N–H and O–H groups in total.